The Morgan fingerprint density at radius 3 is 2.50 bits per heavy atom. The van der Waals surface area contributed by atoms with E-state index in [4.69, 9.17) is 16.3 Å². The van der Waals surface area contributed by atoms with Gasteiger partial charge in [-0.1, -0.05) is 18.5 Å². The molecule has 0 atom stereocenters. The van der Waals surface area contributed by atoms with Crippen molar-refractivity contribution in [2.24, 2.45) is 0 Å². The summed E-state index contributed by atoms with van der Waals surface area (Å²) in [5.41, 5.74) is 3.71. The Bertz CT molecular complexity index is 412. The SMILES string of the molecule is CCNCc1cc(Br)c(OC/C(C)=C/Cl)c(Br)c1. The molecule has 0 aliphatic carbocycles. The van der Waals surface area contributed by atoms with Gasteiger partial charge in [0.2, 0.25) is 0 Å². The van der Waals surface area contributed by atoms with Crippen LogP contribution in [-0.2, 0) is 6.54 Å². The fourth-order valence-electron chi connectivity index (χ4n) is 1.34. The topological polar surface area (TPSA) is 21.3 Å². The van der Waals surface area contributed by atoms with Crippen LogP contribution in [0.2, 0.25) is 0 Å². The Kier molecular flexibility index (Phi) is 7.30. The maximum Gasteiger partial charge on any atom is 0.148 e. The molecule has 5 heteroatoms. The first-order chi connectivity index (χ1) is 8.58. The molecule has 1 rings (SSSR count). The Balaban J connectivity index is 2.80. The standard InChI is InChI=1S/C13H16Br2ClNO/c1-3-17-7-10-4-11(14)13(12(15)5-10)18-8-9(2)6-16/h4-6,17H,3,7-8H2,1-2H3/b9-6+. The van der Waals surface area contributed by atoms with Crippen LogP contribution in [0, 0.1) is 0 Å². The molecule has 0 aliphatic heterocycles. The number of nitrogens with one attached hydrogen (secondary N) is 1. The van der Waals surface area contributed by atoms with E-state index in [-0.39, 0.29) is 0 Å². The minimum atomic E-state index is 0.479. The third kappa shape index (κ3) is 4.92. The van der Waals surface area contributed by atoms with Crippen LogP contribution in [0.3, 0.4) is 0 Å². The molecular weight excluding hydrogens is 381 g/mol. The third-order valence-corrected chi connectivity index (χ3v) is 3.82. The summed E-state index contributed by atoms with van der Waals surface area (Å²) in [5.74, 6) is 0.799. The summed E-state index contributed by atoms with van der Waals surface area (Å²) >= 11 is 12.7. The normalized spacial score (nSPS) is 11.7. The molecule has 0 unspecified atom stereocenters. The van der Waals surface area contributed by atoms with Crippen molar-refractivity contribution in [1.29, 1.82) is 0 Å². The van der Waals surface area contributed by atoms with E-state index in [1.165, 1.54) is 11.1 Å². The van der Waals surface area contributed by atoms with Gasteiger partial charge in [-0.05, 0) is 68.6 Å². The van der Waals surface area contributed by atoms with Crippen molar-refractivity contribution < 1.29 is 4.74 Å². The van der Waals surface area contributed by atoms with Crippen LogP contribution in [0.25, 0.3) is 0 Å². The van der Waals surface area contributed by atoms with Crippen LogP contribution in [0.1, 0.15) is 19.4 Å². The van der Waals surface area contributed by atoms with E-state index in [1.807, 2.05) is 6.92 Å². The van der Waals surface area contributed by atoms with Gasteiger partial charge in [-0.3, -0.25) is 0 Å². The lowest BCUT2D eigenvalue weighted by atomic mass is 10.2. The van der Waals surface area contributed by atoms with Crippen LogP contribution in [0.5, 0.6) is 5.75 Å². The second kappa shape index (κ2) is 8.20. The average molecular weight is 398 g/mol. The molecule has 0 radical (unpaired) electrons. The van der Waals surface area contributed by atoms with E-state index < -0.39 is 0 Å². The lowest BCUT2D eigenvalue weighted by Crippen LogP contribution is -2.11. The van der Waals surface area contributed by atoms with Crippen LogP contribution in [-0.4, -0.2) is 13.2 Å². The first-order valence-corrected chi connectivity index (χ1v) is 7.68. The van der Waals surface area contributed by atoms with Gasteiger partial charge in [0.1, 0.15) is 12.4 Å². The van der Waals surface area contributed by atoms with E-state index in [9.17, 15) is 0 Å². The summed E-state index contributed by atoms with van der Waals surface area (Å²) < 4.78 is 7.59. The molecule has 0 heterocycles. The smallest absolute Gasteiger partial charge is 0.148 e. The molecular formula is C13H16Br2ClNO. The molecule has 18 heavy (non-hydrogen) atoms. The molecule has 0 aromatic heterocycles. The monoisotopic (exact) mass is 395 g/mol. The van der Waals surface area contributed by atoms with Crippen LogP contribution < -0.4 is 10.1 Å². The van der Waals surface area contributed by atoms with Gasteiger partial charge >= 0.3 is 0 Å². The van der Waals surface area contributed by atoms with Crippen molar-refractivity contribution in [3.05, 3.63) is 37.7 Å². The number of benzene rings is 1. The third-order valence-electron chi connectivity index (χ3n) is 2.27. The number of rotatable bonds is 6. The average Bonchev–Trinajstić information content (AvgIpc) is 2.34. The summed E-state index contributed by atoms with van der Waals surface area (Å²) in [5, 5.41) is 3.29. The zero-order valence-corrected chi connectivity index (χ0v) is 14.3. The molecule has 0 saturated carbocycles. The van der Waals surface area contributed by atoms with Crippen molar-refractivity contribution in [3.8, 4) is 5.75 Å². The highest BCUT2D eigenvalue weighted by molar-refractivity contribution is 9.11. The number of ether oxygens (including phenoxy) is 1. The van der Waals surface area contributed by atoms with Gasteiger partial charge in [0, 0.05) is 12.1 Å². The summed E-state index contributed by atoms with van der Waals surface area (Å²) in [6, 6.07) is 4.12. The zero-order chi connectivity index (χ0) is 13.5. The van der Waals surface area contributed by atoms with Crippen molar-refractivity contribution in [2.75, 3.05) is 13.2 Å². The highest BCUT2D eigenvalue weighted by Crippen LogP contribution is 2.35. The summed E-state index contributed by atoms with van der Waals surface area (Å²) in [6.45, 7) is 6.28. The largest absolute Gasteiger partial charge is 0.487 e. The minimum Gasteiger partial charge on any atom is -0.487 e. The van der Waals surface area contributed by atoms with E-state index >= 15 is 0 Å². The number of hydrogen-bond acceptors (Lipinski definition) is 2. The fourth-order valence-corrected chi connectivity index (χ4v) is 2.91. The van der Waals surface area contributed by atoms with Crippen molar-refractivity contribution in [1.82, 2.24) is 5.32 Å². The lowest BCUT2D eigenvalue weighted by Gasteiger charge is -2.12. The van der Waals surface area contributed by atoms with Gasteiger partial charge in [-0.25, -0.2) is 0 Å². The Labute approximate surface area is 130 Å². The summed E-state index contributed by atoms with van der Waals surface area (Å²) in [4.78, 5) is 0. The van der Waals surface area contributed by atoms with Crippen molar-refractivity contribution in [2.45, 2.75) is 20.4 Å². The molecule has 0 bridgehead atoms. The van der Waals surface area contributed by atoms with Gasteiger partial charge in [0.25, 0.3) is 0 Å². The van der Waals surface area contributed by atoms with Crippen LogP contribution in [0.4, 0.5) is 0 Å². The molecule has 1 N–H and O–H groups in total. The van der Waals surface area contributed by atoms with E-state index in [0.717, 1.165) is 33.4 Å². The molecule has 100 valence electrons. The Hall–Kier alpha value is -0.0300. The summed E-state index contributed by atoms with van der Waals surface area (Å²) in [6.07, 6.45) is 0. The fraction of sp³-hybridized carbons (Fsp3) is 0.385. The van der Waals surface area contributed by atoms with Crippen LogP contribution in [0.15, 0.2) is 32.2 Å². The molecule has 1 aromatic rings. The number of hydrogen-bond donors (Lipinski definition) is 1. The summed E-state index contributed by atoms with van der Waals surface area (Å²) in [7, 11) is 0. The minimum absolute atomic E-state index is 0.479. The Morgan fingerprint density at radius 2 is 2.00 bits per heavy atom. The predicted octanol–water partition coefficient (Wildman–Crippen LogP) is 4.84. The molecule has 0 fully saturated rings. The van der Waals surface area contributed by atoms with Gasteiger partial charge in [0.05, 0.1) is 8.95 Å². The number of halogens is 3. The van der Waals surface area contributed by atoms with E-state index in [0.29, 0.717) is 6.61 Å². The first-order valence-electron chi connectivity index (χ1n) is 5.65. The molecule has 0 spiro atoms. The lowest BCUT2D eigenvalue weighted by molar-refractivity contribution is 0.348. The first kappa shape index (κ1) is 16.0. The van der Waals surface area contributed by atoms with E-state index in [2.05, 4.69) is 56.2 Å². The quantitative estimate of drug-likeness (QED) is 0.741. The van der Waals surface area contributed by atoms with E-state index in [1.54, 1.807) is 0 Å². The molecule has 0 amide bonds. The molecule has 2 nitrogen and oxygen atoms in total. The maximum absolute atomic E-state index is 5.71. The molecule has 0 saturated heterocycles. The maximum atomic E-state index is 5.71. The zero-order valence-electron chi connectivity index (χ0n) is 10.4. The highest BCUT2D eigenvalue weighted by Gasteiger charge is 2.09. The predicted molar refractivity (Wildman–Crippen MR) is 84.3 cm³/mol. The van der Waals surface area contributed by atoms with Gasteiger partial charge in [-0.2, -0.15) is 0 Å². The van der Waals surface area contributed by atoms with Gasteiger partial charge in [-0.15, -0.1) is 0 Å². The molecule has 0 aliphatic rings. The van der Waals surface area contributed by atoms with Crippen molar-refractivity contribution >= 4 is 43.5 Å². The highest BCUT2D eigenvalue weighted by atomic mass is 79.9. The van der Waals surface area contributed by atoms with Crippen LogP contribution >= 0.6 is 43.5 Å². The Morgan fingerprint density at radius 1 is 1.39 bits per heavy atom. The molecule has 1 aromatic carbocycles. The van der Waals surface area contributed by atoms with Crippen molar-refractivity contribution in [3.63, 3.8) is 0 Å². The second-order valence-corrected chi connectivity index (χ2v) is 5.84. The van der Waals surface area contributed by atoms with Gasteiger partial charge in [0.15, 0.2) is 0 Å². The van der Waals surface area contributed by atoms with Gasteiger partial charge < -0.3 is 10.1 Å². The second-order valence-electron chi connectivity index (χ2n) is 3.91.